The van der Waals surface area contributed by atoms with Crippen LogP contribution in [0.15, 0.2) is 36.5 Å². The van der Waals surface area contributed by atoms with Crippen molar-refractivity contribution >= 4 is 33.7 Å². The van der Waals surface area contributed by atoms with E-state index in [4.69, 9.17) is 5.11 Å². The van der Waals surface area contributed by atoms with Crippen LogP contribution in [0.1, 0.15) is 20.8 Å². The average molecular weight is 268 g/mol. The predicted molar refractivity (Wildman–Crippen MR) is 71.0 cm³/mol. The van der Waals surface area contributed by atoms with Gasteiger partial charge in [-0.15, -0.1) is 0 Å². The highest BCUT2D eigenvalue weighted by atomic mass is 16.4. The van der Waals surface area contributed by atoms with Gasteiger partial charge in [0.25, 0.3) is 0 Å². The summed E-state index contributed by atoms with van der Waals surface area (Å²) in [6.45, 7) is 0. The smallest absolute Gasteiger partial charge is 0.354 e. The number of pyridine rings is 2. The minimum Gasteiger partial charge on any atom is -0.478 e. The molecule has 2 heterocycles. The Bertz CT molecular complexity index is 874. The maximum absolute atomic E-state index is 11.3. The molecule has 0 aliphatic rings. The number of carboxylic acids is 2. The van der Waals surface area contributed by atoms with Crippen molar-refractivity contribution in [3.05, 3.63) is 47.8 Å². The molecule has 6 heteroatoms. The molecule has 98 valence electrons. The van der Waals surface area contributed by atoms with Crippen molar-refractivity contribution in [2.24, 2.45) is 0 Å². The van der Waals surface area contributed by atoms with Crippen molar-refractivity contribution in [2.75, 3.05) is 0 Å². The number of hydrogen-bond donors (Lipinski definition) is 2. The van der Waals surface area contributed by atoms with Crippen molar-refractivity contribution in [3.63, 3.8) is 0 Å². The summed E-state index contributed by atoms with van der Waals surface area (Å²) in [5, 5.41) is 19.2. The van der Waals surface area contributed by atoms with E-state index < -0.39 is 11.9 Å². The van der Waals surface area contributed by atoms with Gasteiger partial charge in [0, 0.05) is 17.0 Å². The van der Waals surface area contributed by atoms with E-state index in [-0.39, 0.29) is 11.3 Å². The summed E-state index contributed by atoms with van der Waals surface area (Å²) in [4.78, 5) is 30.5. The number of carboxylic acid groups (broad SMARTS) is 2. The van der Waals surface area contributed by atoms with Gasteiger partial charge in [-0.3, -0.25) is 4.98 Å². The third kappa shape index (κ3) is 1.74. The number of aromatic nitrogens is 2. The molecule has 2 aromatic heterocycles. The average Bonchev–Trinajstić information content (AvgIpc) is 2.45. The Morgan fingerprint density at radius 3 is 2.50 bits per heavy atom. The molecule has 3 rings (SSSR count). The van der Waals surface area contributed by atoms with E-state index in [0.717, 1.165) is 0 Å². The second-order valence-corrected chi connectivity index (χ2v) is 4.20. The third-order valence-corrected chi connectivity index (χ3v) is 3.00. The first-order valence-corrected chi connectivity index (χ1v) is 5.73. The lowest BCUT2D eigenvalue weighted by Gasteiger charge is -2.06. The van der Waals surface area contributed by atoms with Crippen molar-refractivity contribution < 1.29 is 19.8 Å². The van der Waals surface area contributed by atoms with Crippen LogP contribution in [0.2, 0.25) is 0 Å². The number of hydrogen-bond acceptors (Lipinski definition) is 4. The summed E-state index contributed by atoms with van der Waals surface area (Å²) < 4.78 is 0. The van der Waals surface area contributed by atoms with Gasteiger partial charge in [-0.05, 0) is 18.2 Å². The van der Waals surface area contributed by atoms with Gasteiger partial charge < -0.3 is 10.2 Å². The molecule has 0 spiro atoms. The summed E-state index contributed by atoms with van der Waals surface area (Å²) in [6.07, 6.45) is 1.52. The summed E-state index contributed by atoms with van der Waals surface area (Å²) in [5.41, 5.74) is 0.772. The lowest BCUT2D eigenvalue weighted by molar-refractivity contribution is 0.0683. The van der Waals surface area contributed by atoms with Gasteiger partial charge >= 0.3 is 11.9 Å². The summed E-state index contributed by atoms with van der Waals surface area (Å²) in [7, 11) is 0. The third-order valence-electron chi connectivity index (χ3n) is 3.00. The van der Waals surface area contributed by atoms with Crippen LogP contribution in [0, 0.1) is 0 Å². The molecule has 0 fully saturated rings. The Kier molecular flexibility index (Phi) is 2.57. The Morgan fingerprint density at radius 2 is 1.80 bits per heavy atom. The van der Waals surface area contributed by atoms with Gasteiger partial charge in [0.1, 0.15) is 5.69 Å². The number of rotatable bonds is 2. The molecule has 6 nitrogen and oxygen atoms in total. The Balaban J connectivity index is 2.50. The van der Waals surface area contributed by atoms with E-state index in [1.54, 1.807) is 12.1 Å². The molecule has 0 atom stereocenters. The molecule has 0 saturated carbocycles. The predicted octanol–water partition coefficient (Wildman–Crippen LogP) is 2.18. The highest BCUT2D eigenvalue weighted by Crippen LogP contribution is 2.26. The maximum Gasteiger partial charge on any atom is 0.354 e. The van der Waals surface area contributed by atoms with E-state index >= 15 is 0 Å². The van der Waals surface area contributed by atoms with Gasteiger partial charge in [-0.25, -0.2) is 14.6 Å². The zero-order valence-corrected chi connectivity index (χ0v) is 10.1. The van der Waals surface area contributed by atoms with Gasteiger partial charge in [0.2, 0.25) is 0 Å². The summed E-state index contributed by atoms with van der Waals surface area (Å²) in [6, 6.07) is 7.60. The van der Waals surface area contributed by atoms with E-state index in [1.807, 2.05) is 0 Å². The zero-order chi connectivity index (χ0) is 14.3. The van der Waals surface area contributed by atoms with Crippen LogP contribution in [0.4, 0.5) is 0 Å². The van der Waals surface area contributed by atoms with Crippen LogP contribution in [-0.4, -0.2) is 32.1 Å². The van der Waals surface area contributed by atoms with E-state index in [2.05, 4.69) is 9.97 Å². The van der Waals surface area contributed by atoms with Crippen LogP contribution in [0.25, 0.3) is 21.8 Å². The van der Waals surface area contributed by atoms with Gasteiger partial charge in [-0.2, -0.15) is 0 Å². The fraction of sp³-hybridized carbons (Fsp3) is 0. The Hall–Kier alpha value is -3.02. The number of nitrogens with zero attached hydrogens (tertiary/aromatic N) is 2. The number of fused-ring (bicyclic) bond motifs is 3. The highest BCUT2D eigenvalue weighted by Gasteiger charge is 2.15. The van der Waals surface area contributed by atoms with Crippen molar-refractivity contribution in [2.45, 2.75) is 0 Å². The Labute approximate surface area is 112 Å². The van der Waals surface area contributed by atoms with Crippen LogP contribution >= 0.6 is 0 Å². The molecule has 0 radical (unpaired) electrons. The topological polar surface area (TPSA) is 100 Å². The van der Waals surface area contributed by atoms with E-state index in [1.165, 1.54) is 24.4 Å². The zero-order valence-electron chi connectivity index (χ0n) is 10.1. The monoisotopic (exact) mass is 268 g/mol. The minimum absolute atomic E-state index is 0.104. The summed E-state index contributed by atoms with van der Waals surface area (Å²) >= 11 is 0. The number of aromatic carboxylic acids is 2. The molecule has 0 aliphatic carbocycles. The molecule has 0 unspecified atom stereocenters. The number of benzene rings is 1. The van der Waals surface area contributed by atoms with Crippen molar-refractivity contribution in [3.8, 4) is 0 Å². The first kappa shape index (κ1) is 12.0. The molecule has 2 N–H and O–H groups in total. The van der Waals surface area contributed by atoms with Crippen LogP contribution in [0.3, 0.4) is 0 Å². The lowest BCUT2D eigenvalue weighted by Crippen LogP contribution is -2.03. The molecule has 0 amide bonds. The molecule has 20 heavy (non-hydrogen) atoms. The molecule has 1 aromatic carbocycles. The van der Waals surface area contributed by atoms with Crippen molar-refractivity contribution in [1.29, 1.82) is 0 Å². The van der Waals surface area contributed by atoms with Crippen molar-refractivity contribution in [1.82, 2.24) is 9.97 Å². The van der Waals surface area contributed by atoms with Crippen LogP contribution in [-0.2, 0) is 0 Å². The second kappa shape index (κ2) is 4.27. The SMILES string of the molecule is O=C(O)c1ccc2cc(C(=O)O)c3cccnc3c2n1. The molecule has 0 saturated heterocycles. The van der Waals surface area contributed by atoms with E-state index in [0.29, 0.717) is 21.8 Å². The molecular formula is C14H8N2O4. The highest BCUT2D eigenvalue weighted by molar-refractivity contribution is 6.13. The Morgan fingerprint density at radius 1 is 1.00 bits per heavy atom. The normalized spacial score (nSPS) is 10.8. The van der Waals surface area contributed by atoms with Gasteiger partial charge in [-0.1, -0.05) is 12.1 Å². The van der Waals surface area contributed by atoms with Crippen LogP contribution < -0.4 is 0 Å². The van der Waals surface area contributed by atoms with Gasteiger partial charge in [0.05, 0.1) is 16.6 Å². The minimum atomic E-state index is -1.14. The van der Waals surface area contributed by atoms with E-state index in [9.17, 15) is 14.7 Å². The largest absolute Gasteiger partial charge is 0.478 e. The summed E-state index contributed by atoms with van der Waals surface area (Å²) in [5.74, 6) is -2.20. The fourth-order valence-corrected chi connectivity index (χ4v) is 2.12. The molecule has 3 aromatic rings. The lowest BCUT2D eigenvalue weighted by atomic mass is 10.0. The first-order chi connectivity index (χ1) is 9.58. The molecular weight excluding hydrogens is 260 g/mol. The maximum atomic E-state index is 11.3. The quantitative estimate of drug-likeness (QED) is 0.691. The number of carbonyl (C=O) groups is 2. The molecule has 0 aliphatic heterocycles. The second-order valence-electron chi connectivity index (χ2n) is 4.20. The van der Waals surface area contributed by atoms with Gasteiger partial charge in [0.15, 0.2) is 0 Å². The standard InChI is InChI=1S/C14H8N2O4/c17-13(18)9-6-7-3-4-10(14(19)20)16-11(7)12-8(9)2-1-5-15-12/h1-6H,(H,17,18)(H,19,20). The first-order valence-electron chi connectivity index (χ1n) is 5.73. The van der Waals surface area contributed by atoms with Crippen LogP contribution in [0.5, 0.6) is 0 Å². The fourth-order valence-electron chi connectivity index (χ4n) is 2.12. The molecule has 0 bridgehead atoms.